The molecule has 122 valence electrons. The number of ether oxygens (including phenoxy) is 1. The Labute approximate surface area is 139 Å². The maximum Gasteiger partial charge on any atom is 0.373 e. The number of anilines is 1. The smallest absolute Gasteiger partial charge is 0.373 e. The summed E-state index contributed by atoms with van der Waals surface area (Å²) in [5.41, 5.74) is 5.97. The van der Waals surface area contributed by atoms with Crippen LogP contribution < -0.4 is 10.5 Å². The van der Waals surface area contributed by atoms with Gasteiger partial charge in [0, 0.05) is 5.69 Å². The first-order valence-corrected chi connectivity index (χ1v) is 7.35. The quantitative estimate of drug-likeness (QED) is 0.502. The summed E-state index contributed by atoms with van der Waals surface area (Å²) in [7, 11) is 0. The van der Waals surface area contributed by atoms with Crippen LogP contribution in [-0.4, -0.2) is 11.6 Å². The molecule has 0 fully saturated rings. The predicted molar refractivity (Wildman–Crippen MR) is 88.6 cm³/mol. The molecule has 0 saturated heterocycles. The average Bonchev–Trinajstić information content (AvgIpc) is 2.48. The van der Waals surface area contributed by atoms with Crippen LogP contribution in [0.4, 0.5) is 5.69 Å². The van der Waals surface area contributed by atoms with Gasteiger partial charge in [-0.2, -0.15) is 4.89 Å². The standard InChI is InChI=1S/C17H18ClNO4/c1-17(2,3)23-22-16(20)11-4-7-13(8-5-11)21-15-9-6-12(19)10-14(15)18/h4-10H,19H2,1-3H3. The maximum absolute atomic E-state index is 11.8. The van der Waals surface area contributed by atoms with Gasteiger partial charge in [0.2, 0.25) is 0 Å². The van der Waals surface area contributed by atoms with E-state index < -0.39 is 11.6 Å². The fourth-order valence-electron chi connectivity index (χ4n) is 1.60. The second kappa shape index (κ2) is 6.89. The van der Waals surface area contributed by atoms with Crippen LogP contribution in [0.25, 0.3) is 0 Å². The van der Waals surface area contributed by atoms with Crippen LogP contribution in [-0.2, 0) is 9.78 Å². The largest absolute Gasteiger partial charge is 0.456 e. The zero-order valence-electron chi connectivity index (χ0n) is 13.1. The van der Waals surface area contributed by atoms with E-state index in [1.54, 1.807) is 63.2 Å². The summed E-state index contributed by atoms with van der Waals surface area (Å²) in [6, 6.07) is 11.4. The fraction of sp³-hybridized carbons (Fsp3) is 0.235. The van der Waals surface area contributed by atoms with Gasteiger partial charge in [-0.1, -0.05) is 11.6 Å². The molecule has 0 aliphatic heterocycles. The van der Waals surface area contributed by atoms with Crippen LogP contribution in [0.15, 0.2) is 42.5 Å². The minimum Gasteiger partial charge on any atom is -0.456 e. The Kier molecular flexibility index (Phi) is 5.13. The number of carbonyl (C=O) groups excluding carboxylic acids is 1. The zero-order valence-corrected chi connectivity index (χ0v) is 13.9. The van der Waals surface area contributed by atoms with Crippen molar-refractivity contribution in [2.24, 2.45) is 0 Å². The van der Waals surface area contributed by atoms with Crippen LogP contribution >= 0.6 is 11.6 Å². The minimum atomic E-state index is -0.572. The van der Waals surface area contributed by atoms with E-state index in [0.717, 1.165) is 0 Å². The minimum absolute atomic E-state index is 0.352. The monoisotopic (exact) mass is 335 g/mol. The number of nitrogen functional groups attached to an aromatic ring is 1. The number of nitrogens with two attached hydrogens (primary N) is 1. The van der Waals surface area contributed by atoms with Crippen LogP contribution in [0.5, 0.6) is 11.5 Å². The first-order chi connectivity index (χ1) is 10.7. The van der Waals surface area contributed by atoms with Gasteiger partial charge in [-0.3, -0.25) is 4.89 Å². The molecule has 2 aromatic rings. The van der Waals surface area contributed by atoms with Gasteiger partial charge < -0.3 is 10.5 Å². The summed E-state index contributed by atoms with van der Waals surface area (Å²) >= 11 is 6.05. The number of hydrogen-bond acceptors (Lipinski definition) is 5. The number of halogens is 1. The van der Waals surface area contributed by atoms with Crippen molar-refractivity contribution in [3.8, 4) is 11.5 Å². The topological polar surface area (TPSA) is 70.8 Å². The second-order valence-electron chi connectivity index (χ2n) is 5.88. The second-order valence-corrected chi connectivity index (χ2v) is 6.29. The Balaban J connectivity index is 2.03. The highest BCUT2D eigenvalue weighted by atomic mass is 35.5. The molecular formula is C17H18ClNO4. The Morgan fingerprint density at radius 1 is 1.09 bits per heavy atom. The maximum atomic E-state index is 11.8. The molecule has 0 aromatic heterocycles. The molecule has 0 atom stereocenters. The highest BCUT2D eigenvalue weighted by molar-refractivity contribution is 6.32. The number of carbonyl (C=O) groups is 1. The molecule has 0 saturated carbocycles. The fourth-order valence-corrected chi connectivity index (χ4v) is 1.82. The molecule has 0 amide bonds. The average molecular weight is 336 g/mol. The van der Waals surface area contributed by atoms with Crippen molar-refractivity contribution in [1.29, 1.82) is 0 Å². The molecule has 2 N–H and O–H groups in total. The first-order valence-electron chi connectivity index (χ1n) is 6.97. The third-order valence-electron chi connectivity index (χ3n) is 2.64. The van der Waals surface area contributed by atoms with E-state index >= 15 is 0 Å². The molecule has 0 heterocycles. The highest BCUT2D eigenvalue weighted by Gasteiger charge is 2.16. The van der Waals surface area contributed by atoms with Crippen molar-refractivity contribution in [2.75, 3.05) is 5.73 Å². The van der Waals surface area contributed by atoms with Gasteiger partial charge >= 0.3 is 5.97 Å². The molecule has 2 aromatic carbocycles. The van der Waals surface area contributed by atoms with Gasteiger partial charge in [-0.15, -0.1) is 0 Å². The van der Waals surface area contributed by atoms with Crippen LogP contribution in [0.2, 0.25) is 5.02 Å². The molecule has 0 radical (unpaired) electrons. The summed E-state index contributed by atoms with van der Waals surface area (Å²) in [6.07, 6.45) is 0. The van der Waals surface area contributed by atoms with Crippen LogP contribution in [0.3, 0.4) is 0 Å². The lowest BCUT2D eigenvalue weighted by Crippen LogP contribution is -2.21. The van der Waals surface area contributed by atoms with Crippen LogP contribution in [0.1, 0.15) is 31.1 Å². The normalized spacial score (nSPS) is 11.1. The zero-order chi connectivity index (χ0) is 17.0. The molecule has 0 aliphatic rings. The molecule has 23 heavy (non-hydrogen) atoms. The number of rotatable bonds is 4. The van der Waals surface area contributed by atoms with Crippen LogP contribution in [0, 0.1) is 0 Å². The Morgan fingerprint density at radius 3 is 2.30 bits per heavy atom. The third kappa shape index (κ3) is 5.16. The van der Waals surface area contributed by atoms with E-state index in [-0.39, 0.29) is 0 Å². The van der Waals surface area contributed by atoms with Gasteiger partial charge in [0.05, 0.1) is 10.6 Å². The van der Waals surface area contributed by atoms with Gasteiger partial charge in [0.15, 0.2) is 0 Å². The first kappa shape index (κ1) is 17.1. The molecule has 0 aliphatic carbocycles. The summed E-state index contributed by atoms with van der Waals surface area (Å²) < 4.78 is 5.64. The molecular weight excluding hydrogens is 318 g/mol. The van der Waals surface area contributed by atoms with Gasteiger partial charge in [-0.25, -0.2) is 4.79 Å². The Hall–Kier alpha value is -2.24. The molecule has 6 heteroatoms. The van der Waals surface area contributed by atoms with Crippen molar-refractivity contribution >= 4 is 23.3 Å². The predicted octanol–water partition coefficient (Wildman–Crippen LogP) is 4.60. The summed E-state index contributed by atoms with van der Waals surface area (Å²) in [5, 5.41) is 0.409. The molecule has 5 nitrogen and oxygen atoms in total. The van der Waals surface area contributed by atoms with Crippen molar-refractivity contribution in [3.05, 3.63) is 53.1 Å². The van der Waals surface area contributed by atoms with Crippen molar-refractivity contribution in [1.82, 2.24) is 0 Å². The Bertz CT molecular complexity index is 693. The molecule has 2 rings (SSSR count). The summed E-state index contributed by atoms with van der Waals surface area (Å²) in [6.45, 7) is 5.36. The third-order valence-corrected chi connectivity index (χ3v) is 2.94. The summed E-state index contributed by atoms with van der Waals surface area (Å²) in [4.78, 5) is 21.6. The van der Waals surface area contributed by atoms with E-state index in [2.05, 4.69) is 0 Å². The molecule has 0 unspecified atom stereocenters. The van der Waals surface area contributed by atoms with E-state index in [1.165, 1.54) is 0 Å². The SMILES string of the molecule is CC(C)(C)OOC(=O)c1ccc(Oc2ccc(N)cc2Cl)cc1. The van der Waals surface area contributed by atoms with E-state index in [9.17, 15) is 4.79 Å². The van der Waals surface area contributed by atoms with Crippen molar-refractivity contribution in [2.45, 2.75) is 26.4 Å². The van der Waals surface area contributed by atoms with Gasteiger partial charge in [0.25, 0.3) is 0 Å². The van der Waals surface area contributed by atoms with Gasteiger partial charge in [0.1, 0.15) is 17.1 Å². The van der Waals surface area contributed by atoms with E-state index in [0.29, 0.717) is 27.8 Å². The Morgan fingerprint density at radius 2 is 1.74 bits per heavy atom. The summed E-state index contributed by atoms with van der Waals surface area (Å²) in [5.74, 6) is 0.439. The van der Waals surface area contributed by atoms with Crippen molar-refractivity contribution in [3.63, 3.8) is 0 Å². The lowest BCUT2D eigenvalue weighted by molar-refractivity contribution is -0.301. The van der Waals surface area contributed by atoms with E-state index in [1.807, 2.05) is 0 Å². The highest BCUT2D eigenvalue weighted by Crippen LogP contribution is 2.31. The van der Waals surface area contributed by atoms with Gasteiger partial charge in [-0.05, 0) is 63.2 Å². The van der Waals surface area contributed by atoms with E-state index in [4.69, 9.17) is 31.8 Å². The molecule has 0 bridgehead atoms. The lowest BCUT2D eigenvalue weighted by atomic mass is 10.2. The number of hydrogen-bond donors (Lipinski definition) is 1. The number of benzene rings is 2. The van der Waals surface area contributed by atoms with Crippen molar-refractivity contribution < 1.29 is 19.3 Å². The lowest BCUT2D eigenvalue weighted by Gasteiger charge is -2.16. The molecule has 0 spiro atoms.